The van der Waals surface area contributed by atoms with Gasteiger partial charge in [0.05, 0.1) is 20.3 Å². The van der Waals surface area contributed by atoms with Crippen molar-refractivity contribution in [3.63, 3.8) is 0 Å². The van der Waals surface area contributed by atoms with Gasteiger partial charge in [-0.3, -0.25) is 4.79 Å². The fraction of sp³-hybridized carbons (Fsp3) is 0.400. The van der Waals surface area contributed by atoms with Crippen LogP contribution in [0, 0.1) is 5.82 Å². The molecule has 0 bridgehead atoms. The first-order valence-electron chi connectivity index (χ1n) is 6.52. The van der Waals surface area contributed by atoms with Crippen LogP contribution in [0.15, 0.2) is 24.3 Å². The van der Waals surface area contributed by atoms with Gasteiger partial charge in [-0.05, 0) is 23.8 Å². The molecule has 0 unspecified atom stereocenters. The molecule has 1 aromatic carbocycles. The highest BCUT2D eigenvalue weighted by molar-refractivity contribution is 5.91. The van der Waals surface area contributed by atoms with E-state index in [0.29, 0.717) is 18.7 Å². The van der Waals surface area contributed by atoms with Gasteiger partial charge in [0.2, 0.25) is 5.91 Å². The number of halogens is 1. The Morgan fingerprint density at radius 2 is 2.14 bits per heavy atom. The number of nitrogens with zero attached hydrogens (tertiary/aromatic N) is 1. The number of methoxy groups -OCH3 is 2. The number of benzene rings is 1. The first-order chi connectivity index (χ1) is 10.1. The Morgan fingerprint density at radius 3 is 2.71 bits per heavy atom. The Labute approximate surface area is 123 Å². The summed E-state index contributed by atoms with van der Waals surface area (Å²) in [6.07, 6.45) is 2.86. The fourth-order valence-electron chi connectivity index (χ4n) is 1.71. The second-order valence-electron chi connectivity index (χ2n) is 4.27. The molecule has 0 fully saturated rings. The molecule has 116 valence electrons. The fourth-order valence-corrected chi connectivity index (χ4v) is 1.71. The highest BCUT2D eigenvalue weighted by atomic mass is 19.1. The van der Waals surface area contributed by atoms with Crippen LogP contribution in [-0.2, 0) is 9.53 Å². The molecule has 1 N–H and O–H groups in total. The van der Waals surface area contributed by atoms with E-state index in [1.165, 1.54) is 43.4 Å². The summed E-state index contributed by atoms with van der Waals surface area (Å²) in [5, 5.41) is 8.94. The van der Waals surface area contributed by atoms with Crippen molar-refractivity contribution in [1.29, 1.82) is 0 Å². The number of hydrogen-bond acceptors (Lipinski definition) is 4. The summed E-state index contributed by atoms with van der Waals surface area (Å²) in [6.45, 7) is 0.873. The molecule has 5 nitrogen and oxygen atoms in total. The maximum absolute atomic E-state index is 13.5. The Morgan fingerprint density at radius 1 is 1.38 bits per heavy atom. The smallest absolute Gasteiger partial charge is 0.246 e. The summed E-state index contributed by atoms with van der Waals surface area (Å²) < 4.78 is 23.3. The third kappa shape index (κ3) is 5.53. The predicted octanol–water partition coefficient (Wildman–Crippen LogP) is 1.31. The molecule has 21 heavy (non-hydrogen) atoms. The first-order valence-corrected chi connectivity index (χ1v) is 6.52. The maximum atomic E-state index is 13.5. The van der Waals surface area contributed by atoms with Gasteiger partial charge in [-0.2, -0.15) is 0 Å². The van der Waals surface area contributed by atoms with Crippen molar-refractivity contribution in [1.82, 2.24) is 4.90 Å². The molecule has 0 saturated carbocycles. The molecule has 0 saturated heterocycles. The van der Waals surface area contributed by atoms with E-state index in [2.05, 4.69) is 0 Å². The van der Waals surface area contributed by atoms with Crippen LogP contribution in [0.5, 0.6) is 5.75 Å². The molecule has 0 spiro atoms. The summed E-state index contributed by atoms with van der Waals surface area (Å²) in [5.41, 5.74) is 0.553. The number of aliphatic hydroxyl groups is 1. The van der Waals surface area contributed by atoms with Crippen molar-refractivity contribution < 1.29 is 23.8 Å². The van der Waals surface area contributed by atoms with Crippen LogP contribution in [0.2, 0.25) is 0 Å². The predicted molar refractivity (Wildman–Crippen MR) is 77.5 cm³/mol. The second-order valence-corrected chi connectivity index (χ2v) is 4.27. The van der Waals surface area contributed by atoms with E-state index in [9.17, 15) is 9.18 Å². The van der Waals surface area contributed by atoms with Crippen molar-refractivity contribution in [2.45, 2.75) is 0 Å². The highest BCUT2D eigenvalue weighted by Gasteiger charge is 2.09. The van der Waals surface area contributed by atoms with Crippen molar-refractivity contribution in [2.24, 2.45) is 0 Å². The van der Waals surface area contributed by atoms with Crippen LogP contribution in [0.4, 0.5) is 4.39 Å². The zero-order valence-electron chi connectivity index (χ0n) is 12.2. The molecule has 1 rings (SSSR count). The molecule has 0 aliphatic rings. The number of carbonyl (C=O) groups is 1. The van der Waals surface area contributed by atoms with E-state index in [0.717, 1.165) is 0 Å². The van der Waals surface area contributed by atoms with Crippen LogP contribution in [0.3, 0.4) is 0 Å². The van der Waals surface area contributed by atoms with Gasteiger partial charge in [0.25, 0.3) is 0 Å². The normalized spacial score (nSPS) is 10.9. The summed E-state index contributed by atoms with van der Waals surface area (Å²) in [6, 6.07) is 4.43. The van der Waals surface area contributed by atoms with Crippen LogP contribution >= 0.6 is 0 Å². The minimum Gasteiger partial charge on any atom is -0.494 e. The number of hydrogen-bond donors (Lipinski definition) is 1. The Kier molecular flexibility index (Phi) is 7.42. The lowest BCUT2D eigenvalue weighted by Gasteiger charge is -2.19. The van der Waals surface area contributed by atoms with Crippen molar-refractivity contribution in [2.75, 3.05) is 40.5 Å². The number of aliphatic hydroxyl groups excluding tert-OH is 1. The average Bonchev–Trinajstić information content (AvgIpc) is 2.49. The van der Waals surface area contributed by atoms with Crippen LogP contribution in [-0.4, -0.2) is 56.4 Å². The molecule has 0 atom stereocenters. The van der Waals surface area contributed by atoms with Gasteiger partial charge in [-0.1, -0.05) is 6.07 Å². The average molecular weight is 297 g/mol. The lowest BCUT2D eigenvalue weighted by atomic mass is 10.2. The van der Waals surface area contributed by atoms with Crippen molar-refractivity contribution in [3.8, 4) is 5.75 Å². The molecule has 0 aromatic heterocycles. The third-order valence-corrected chi connectivity index (χ3v) is 2.84. The SMILES string of the molecule is COCCN(CCO)C(=O)/C=C/c1ccc(OC)c(F)c1. The van der Waals surface area contributed by atoms with Crippen LogP contribution in [0.25, 0.3) is 6.08 Å². The monoisotopic (exact) mass is 297 g/mol. The molecule has 6 heteroatoms. The zero-order chi connectivity index (χ0) is 15.7. The summed E-state index contributed by atoms with van der Waals surface area (Å²) in [5.74, 6) is -0.600. The zero-order valence-corrected chi connectivity index (χ0v) is 12.2. The Balaban J connectivity index is 2.72. The maximum Gasteiger partial charge on any atom is 0.246 e. The Hall–Kier alpha value is -1.92. The molecular weight excluding hydrogens is 277 g/mol. The summed E-state index contributed by atoms with van der Waals surface area (Å²) in [7, 11) is 2.93. The molecule has 0 heterocycles. The third-order valence-electron chi connectivity index (χ3n) is 2.84. The number of amides is 1. The van der Waals surface area contributed by atoms with E-state index in [4.69, 9.17) is 14.6 Å². The quantitative estimate of drug-likeness (QED) is 0.735. The summed E-state index contributed by atoms with van der Waals surface area (Å²) in [4.78, 5) is 13.4. The van der Waals surface area contributed by atoms with Gasteiger partial charge in [0, 0.05) is 26.3 Å². The number of rotatable bonds is 8. The first kappa shape index (κ1) is 17.1. The molecule has 1 aromatic rings. The second kappa shape index (κ2) is 9.10. The van der Waals surface area contributed by atoms with E-state index < -0.39 is 5.82 Å². The standard InChI is InChI=1S/C15H20FNO4/c1-20-10-8-17(7-9-18)15(19)6-4-12-3-5-14(21-2)13(16)11-12/h3-6,11,18H,7-10H2,1-2H3/b6-4+. The molecular formula is C15H20FNO4. The van der Waals surface area contributed by atoms with E-state index in [1.54, 1.807) is 6.07 Å². The van der Waals surface area contributed by atoms with Gasteiger partial charge in [0.1, 0.15) is 0 Å². The minimum atomic E-state index is -0.487. The summed E-state index contributed by atoms with van der Waals surface area (Å²) >= 11 is 0. The van der Waals surface area contributed by atoms with E-state index >= 15 is 0 Å². The molecule has 0 radical (unpaired) electrons. The van der Waals surface area contributed by atoms with Gasteiger partial charge in [0.15, 0.2) is 11.6 Å². The van der Waals surface area contributed by atoms with Crippen LogP contribution in [0.1, 0.15) is 5.56 Å². The van der Waals surface area contributed by atoms with E-state index in [1.807, 2.05) is 0 Å². The van der Waals surface area contributed by atoms with Crippen molar-refractivity contribution >= 4 is 12.0 Å². The van der Waals surface area contributed by atoms with Crippen LogP contribution < -0.4 is 4.74 Å². The minimum absolute atomic E-state index is 0.125. The molecule has 0 aliphatic heterocycles. The van der Waals surface area contributed by atoms with Gasteiger partial charge in [-0.25, -0.2) is 4.39 Å². The topological polar surface area (TPSA) is 59.0 Å². The largest absolute Gasteiger partial charge is 0.494 e. The van der Waals surface area contributed by atoms with Crippen molar-refractivity contribution in [3.05, 3.63) is 35.7 Å². The number of ether oxygens (including phenoxy) is 2. The molecule has 0 aliphatic carbocycles. The van der Waals surface area contributed by atoms with Gasteiger partial charge < -0.3 is 19.5 Å². The Bertz CT molecular complexity index is 491. The lowest BCUT2D eigenvalue weighted by Crippen LogP contribution is -2.34. The van der Waals surface area contributed by atoms with E-state index in [-0.39, 0.29) is 24.8 Å². The lowest BCUT2D eigenvalue weighted by molar-refractivity contribution is -0.127. The van der Waals surface area contributed by atoms with Gasteiger partial charge >= 0.3 is 0 Å². The highest BCUT2D eigenvalue weighted by Crippen LogP contribution is 2.18. The number of carbonyl (C=O) groups excluding carboxylic acids is 1. The molecule has 1 amide bonds. The van der Waals surface area contributed by atoms with Gasteiger partial charge in [-0.15, -0.1) is 0 Å².